The quantitative estimate of drug-likeness (QED) is 0.0657. The Balaban J connectivity index is 2.34. The molecule has 0 spiro atoms. The van der Waals surface area contributed by atoms with Crippen LogP contribution in [0.1, 0.15) is 158 Å². The van der Waals surface area contributed by atoms with Crippen molar-refractivity contribution in [3.8, 4) is 11.5 Å². The highest BCUT2D eigenvalue weighted by molar-refractivity contribution is 6.00. The second-order valence-electron chi connectivity index (χ2n) is 10.8. The first-order chi connectivity index (χ1) is 19.1. The number of methoxy groups -OCH3 is 2. The van der Waals surface area contributed by atoms with Crippen molar-refractivity contribution in [3.05, 3.63) is 23.3 Å². The fourth-order valence-corrected chi connectivity index (χ4v) is 5.29. The van der Waals surface area contributed by atoms with E-state index < -0.39 is 0 Å². The number of esters is 1. The molecule has 1 aromatic carbocycles. The molecule has 1 aromatic rings. The van der Waals surface area contributed by atoms with E-state index in [1.165, 1.54) is 89.9 Å². The zero-order valence-electron chi connectivity index (χ0n) is 25.8. The molecule has 0 N–H and O–H groups in total. The van der Waals surface area contributed by atoms with Crippen LogP contribution in [0.25, 0.3) is 0 Å². The molecule has 0 bridgehead atoms. The number of carbonyl (C=O) groups excluding carboxylic acids is 2. The fraction of sp³-hybridized carbons (Fsp3) is 0.765. The minimum atomic E-state index is -0.201. The minimum Gasteiger partial charge on any atom is -0.496 e. The molecule has 0 fully saturated rings. The maximum Gasteiger partial charge on any atom is 0.305 e. The first-order valence-corrected chi connectivity index (χ1v) is 16.0. The van der Waals surface area contributed by atoms with Gasteiger partial charge in [0.1, 0.15) is 11.5 Å². The fourth-order valence-electron chi connectivity index (χ4n) is 5.29. The lowest BCUT2D eigenvalue weighted by molar-refractivity contribution is -0.143. The summed E-state index contributed by atoms with van der Waals surface area (Å²) in [5.74, 6) is 1.22. The summed E-state index contributed by atoms with van der Waals surface area (Å²) in [4.78, 5) is 24.8. The van der Waals surface area contributed by atoms with Gasteiger partial charge in [-0.15, -0.1) is 0 Å². The Morgan fingerprint density at radius 2 is 1.05 bits per heavy atom. The van der Waals surface area contributed by atoms with Gasteiger partial charge in [0.25, 0.3) is 0 Å². The summed E-state index contributed by atoms with van der Waals surface area (Å²) in [7, 11) is 3.27. The van der Waals surface area contributed by atoms with Crippen molar-refractivity contribution < 1.29 is 23.8 Å². The Hall–Kier alpha value is -2.04. The summed E-state index contributed by atoms with van der Waals surface area (Å²) in [5, 5.41) is 0. The van der Waals surface area contributed by atoms with Gasteiger partial charge in [-0.25, -0.2) is 0 Å². The van der Waals surface area contributed by atoms with Gasteiger partial charge in [0.2, 0.25) is 0 Å². The van der Waals surface area contributed by atoms with Gasteiger partial charge in [0.05, 0.1) is 26.4 Å². The molecule has 0 radical (unpaired) electrons. The third-order valence-electron chi connectivity index (χ3n) is 7.57. The molecule has 0 aromatic heterocycles. The van der Waals surface area contributed by atoms with E-state index in [-0.39, 0.29) is 11.8 Å². The third-order valence-corrected chi connectivity index (χ3v) is 7.57. The van der Waals surface area contributed by atoms with Crippen molar-refractivity contribution >= 4 is 11.8 Å². The SMILES string of the molecule is CCCCCCCCCCCCCCCCCCc1c(OC)ccc(OC)c1C(=O)CCCCC(=O)OCC. The summed E-state index contributed by atoms with van der Waals surface area (Å²) in [6, 6.07) is 3.72. The molecule has 0 saturated carbocycles. The molecule has 0 aliphatic heterocycles. The molecular weight excluding hydrogens is 488 g/mol. The largest absolute Gasteiger partial charge is 0.496 e. The van der Waals surface area contributed by atoms with E-state index in [2.05, 4.69) is 6.92 Å². The molecule has 224 valence electrons. The zero-order chi connectivity index (χ0) is 28.6. The summed E-state index contributed by atoms with van der Waals surface area (Å²) in [6.07, 6.45) is 24.3. The molecule has 0 heterocycles. The predicted molar refractivity (Wildman–Crippen MR) is 162 cm³/mol. The highest BCUT2D eigenvalue weighted by Crippen LogP contribution is 2.33. The van der Waals surface area contributed by atoms with Gasteiger partial charge in [-0.3, -0.25) is 9.59 Å². The number of rotatable bonds is 26. The Morgan fingerprint density at radius 1 is 0.590 bits per heavy atom. The molecule has 0 amide bonds. The van der Waals surface area contributed by atoms with Crippen LogP contribution in [0.3, 0.4) is 0 Å². The number of Topliss-reactive ketones (excluding diaryl/α,β-unsaturated/α-hetero) is 1. The number of hydrogen-bond acceptors (Lipinski definition) is 5. The maximum atomic E-state index is 13.2. The number of unbranched alkanes of at least 4 members (excludes halogenated alkanes) is 16. The van der Waals surface area contributed by atoms with E-state index in [4.69, 9.17) is 14.2 Å². The van der Waals surface area contributed by atoms with Crippen molar-refractivity contribution in [1.29, 1.82) is 0 Å². The normalized spacial score (nSPS) is 11.0. The Bertz CT molecular complexity index is 773. The van der Waals surface area contributed by atoms with E-state index in [1.807, 2.05) is 12.1 Å². The van der Waals surface area contributed by atoms with Crippen LogP contribution in [0.4, 0.5) is 0 Å². The Morgan fingerprint density at radius 3 is 1.54 bits per heavy atom. The van der Waals surface area contributed by atoms with Crippen molar-refractivity contribution in [3.63, 3.8) is 0 Å². The molecule has 0 aliphatic carbocycles. The first kappa shape index (κ1) is 35.0. The summed E-state index contributed by atoms with van der Waals surface area (Å²) < 4.78 is 16.2. The van der Waals surface area contributed by atoms with E-state index in [1.54, 1.807) is 21.1 Å². The van der Waals surface area contributed by atoms with Crippen LogP contribution in [-0.2, 0) is 16.0 Å². The summed E-state index contributed by atoms with van der Waals surface area (Å²) >= 11 is 0. The van der Waals surface area contributed by atoms with Gasteiger partial charge >= 0.3 is 5.97 Å². The Kier molecular flexibility index (Phi) is 21.4. The van der Waals surface area contributed by atoms with Crippen LogP contribution in [0.15, 0.2) is 12.1 Å². The molecule has 5 nitrogen and oxygen atoms in total. The zero-order valence-corrected chi connectivity index (χ0v) is 25.8. The molecule has 0 unspecified atom stereocenters. The second-order valence-corrected chi connectivity index (χ2v) is 10.8. The van der Waals surface area contributed by atoms with Crippen molar-refractivity contribution in [1.82, 2.24) is 0 Å². The van der Waals surface area contributed by atoms with Gasteiger partial charge in [0, 0.05) is 18.4 Å². The minimum absolute atomic E-state index is 0.0566. The second kappa shape index (κ2) is 23.8. The Labute approximate surface area is 239 Å². The van der Waals surface area contributed by atoms with Crippen molar-refractivity contribution in [2.45, 2.75) is 149 Å². The van der Waals surface area contributed by atoms with E-state index >= 15 is 0 Å². The van der Waals surface area contributed by atoms with Crippen molar-refractivity contribution in [2.24, 2.45) is 0 Å². The number of carbonyl (C=O) groups is 2. The molecule has 5 heteroatoms. The third kappa shape index (κ3) is 16.0. The highest BCUT2D eigenvalue weighted by Gasteiger charge is 2.21. The number of ketones is 1. The number of benzene rings is 1. The number of hydrogen-bond donors (Lipinski definition) is 0. The summed E-state index contributed by atoms with van der Waals surface area (Å²) in [6.45, 7) is 4.47. The van der Waals surface area contributed by atoms with Crippen molar-refractivity contribution in [2.75, 3.05) is 20.8 Å². The maximum absolute atomic E-state index is 13.2. The van der Waals surface area contributed by atoms with Crippen LogP contribution < -0.4 is 9.47 Å². The van der Waals surface area contributed by atoms with E-state index in [0.29, 0.717) is 43.6 Å². The molecule has 0 aliphatic rings. The lowest BCUT2D eigenvalue weighted by atomic mass is 9.93. The molecule has 1 rings (SSSR count). The lowest BCUT2D eigenvalue weighted by Gasteiger charge is -2.17. The van der Waals surface area contributed by atoms with Gasteiger partial charge in [-0.1, -0.05) is 103 Å². The average Bonchev–Trinajstić information content (AvgIpc) is 2.94. The smallest absolute Gasteiger partial charge is 0.305 e. The van der Waals surface area contributed by atoms with Gasteiger partial charge < -0.3 is 14.2 Å². The first-order valence-electron chi connectivity index (χ1n) is 16.0. The van der Waals surface area contributed by atoms with Crippen LogP contribution in [0.2, 0.25) is 0 Å². The molecule has 0 atom stereocenters. The molecule has 39 heavy (non-hydrogen) atoms. The lowest BCUT2D eigenvalue weighted by Crippen LogP contribution is -2.09. The van der Waals surface area contributed by atoms with Gasteiger partial charge in [-0.05, 0) is 44.7 Å². The molecule has 0 saturated heterocycles. The summed E-state index contributed by atoms with van der Waals surface area (Å²) in [5.41, 5.74) is 1.60. The topological polar surface area (TPSA) is 61.8 Å². The van der Waals surface area contributed by atoms with Crippen LogP contribution in [0.5, 0.6) is 11.5 Å². The van der Waals surface area contributed by atoms with Crippen LogP contribution >= 0.6 is 0 Å². The monoisotopic (exact) mass is 546 g/mol. The molecular formula is C34H58O5. The van der Waals surface area contributed by atoms with E-state index in [0.717, 1.165) is 30.6 Å². The standard InChI is InChI=1S/C34H58O5/c1-5-7-8-9-10-11-12-13-14-15-16-17-18-19-20-21-24-29-31(37-3)27-28-32(38-4)34(29)30(35)25-22-23-26-33(36)39-6-2/h27-28H,5-26H2,1-4H3. The average molecular weight is 547 g/mol. The van der Waals surface area contributed by atoms with Gasteiger partial charge in [0.15, 0.2) is 5.78 Å². The van der Waals surface area contributed by atoms with Crippen LogP contribution in [0, 0.1) is 0 Å². The van der Waals surface area contributed by atoms with Crippen LogP contribution in [-0.4, -0.2) is 32.6 Å². The van der Waals surface area contributed by atoms with Gasteiger partial charge in [-0.2, -0.15) is 0 Å². The number of ether oxygens (including phenoxy) is 3. The highest BCUT2D eigenvalue weighted by atomic mass is 16.5. The predicted octanol–water partition coefficient (Wildman–Crippen LogP) is 9.81. The van der Waals surface area contributed by atoms with E-state index in [9.17, 15) is 9.59 Å².